The molecule has 6 rings (SSSR count). The first-order valence-electron chi connectivity index (χ1n) is 12.4. The molecule has 0 radical (unpaired) electrons. The van der Waals surface area contributed by atoms with E-state index in [1.807, 2.05) is 0 Å². The van der Waals surface area contributed by atoms with Gasteiger partial charge in [-0.25, -0.2) is 9.79 Å². The molecule has 0 saturated heterocycles. The molecule has 2 aliphatic rings. The average Bonchev–Trinajstić information content (AvgIpc) is 3.67. The van der Waals surface area contributed by atoms with Crippen LogP contribution in [0.25, 0.3) is 17.4 Å². The number of ether oxygens (including phenoxy) is 3. The number of allylic oxidation sites excluding steroid dienone is 1. The van der Waals surface area contributed by atoms with Crippen LogP contribution >= 0.6 is 27.3 Å². The molecule has 4 aromatic rings. The zero-order chi connectivity index (χ0) is 28.8. The first-order chi connectivity index (χ1) is 19.7. The van der Waals surface area contributed by atoms with Gasteiger partial charge >= 0.3 is 5.97 Å². The van der Waals surface area contributed by atoms with Gasteiger partial charge in [-0.1, -0.05) is 17.4 Å². The maximum absolute atomic E-state index is 13.8. The molecule has 208 valence electrons. The summed E-state index contributed by atoms with van der Waals surface area (Å²) < 4.78 is 24.6. The van der Waals surface area contributed by atoms with Gasteiger partial charge in [0.25, 0.3) is 11.2 Å². The second-order valence-corrected chi connectivity index (χ2v) is 10.9. The van der Waals surface area contributed by atoms with E-state index in [9.17, 15) is 19.7 Å². The molecule has 0 spiro atoms. The summed E-state index contributed by atoms with van der Waals surface area (Å²) in [4.78, 5) is 42.5. The normalized spacial score (nSPS) is 16.0. The lowest BCUT2D eigenvalue weighted by molar-refractivity contribution is -0.384. The van der Waals surface area contributed by atoms with Crippen molar-refractivity contribution < 1.29 is 28.3 Å². The smallest absolute Gasteiger partial charge is 0.338 e. The van der Waals surface area contributed by atoms with Crippen LogP contribution in [0.15, 0.2) is 78.5 Å². The van der Waals surface area contributed by atoms with Crippen LogP contribution in [0.1, 0.15) is 31.2 Å². The molecule has 0 amide bonds. The molecular weight excluding hydrogens is 618 g/mol. The second-order valence-electron chi connectivity index (χ2n) is 9.04. The van der Waals surface area contributed by atoms with Crippen LogP contribution in [-0.4, -0.2) is 28.9 Å². The molecule has 0 fully saturated rings. The van der Waals surface area contributed by atoms with Crippen LogP contribution in [0.5, 0.6) is 11.5 Å². The van der Waals surface area contributed by atoms with E-state index in [2.05, 4.69) is 20.9 Å². The Hall–Kier alpha value is -4.49. The number of carbonyl (C=O) groups is 1. The van der Waals surface area contributed by atoms with Crippen LogP contribution in [0.2, 0.25) is 0 Å². The van der Waals surface area contributed by atoms with E-state index in [-0.39, 0.29) is 30.2 Å². The number of hydrogen-bond acceptors (Lipinski definition) is 10. The summed E-state index contributed by atoms with van der Waals surface area (Å²) >= 11 is 4.53. The molecule has 41 heavy (non-hydrogen) atoms. The summed E-state index contributed by atoms with van der Waals surface area (Å²) in [7, 11) is 0. The topological polar surface area (TPSA) is 135 Å². The zero-order valence-electron chi connectivity index (χ0n) is 21.6. The van der Waals surface area contributed by atoms with Crippen LogP contribution in [0.3, 0.4) is 0 Å². The number of thiazole rings is 1. The fourth-order valence-electron chi connectivity index (χ4n) is 4.71. The lowest BCUT2D eigenvalue weighted by Crippen LogP contribution is -2.39. The highest BCUT2D eigenvalue weighted by molar-refractivity contribution is 9.10. The number of nitro groups is 1. The molecule has 0 aliphatic carbocycles. The van der Waals surface area contributed by atoms with Crippen LogP contribution in [0.4, 0.5) is 5.69 Å². The number of benzene rings is 2. The number of hydrogen-bond donors (Lipinski definition) is 0. The molecule has 11 nitrogen and oxygen atoms in total. The largest absolute Gasteiger partial charge is 0.463 e. The highest BCUT2D eigenvalue weighted by Gasteiger charge is 2.34. The van der Waals surface area contributed by atoms with Crippen molar-refractivity contribution >= 4 is 45.0 Å². The number of halogens is 1. The number of furan rings is 1. The summed E-state index contributed by atoms with van der Waals surface area (Å²) in [5, 5.41) is 11.1. The van der Waals surface area contributed by atoms with Crippen molar-refractivity contribution in [1.29, 1.82) is 0 Å². The van der Waals surface area contributed by atoms with Crippen molar-refractivity contribution in [2.45, 2.75) is 19.9 Å². The lowest BCUT2D eigenvalue weighted by Gasteiger charge is -2.24. The number of esters is 1. The van der Waals surface area contributed by atoms with Crippen molar-refractivity contribution in [2.24, 2.45) is 4.99 Å². The molecule has 4 heterocycles. The Labute approximate surface area is 243 Å². The van der Waals surface area contributed by atoms with Crippen molar-refractivity contribution in [3.05, 3.63) is 105 Å². The number of fused-ring (bicyclic) bond motifs is 2. The second kappa shape index (κ2) is 10.5. The van der Waals surface area contributed by atoms with Gasteiger partial charge in [0.15, 0.2) is 16.3 Å². The molecule has 2 aromatic heterocycles. The monoisotopic (exact) mass is 637 g/mol. The Balaban J connectivity index is 1.45. The molecule has 0 unspecified atom stereocenters. The van der Waals surface area contributed by atoms with Crippen molar-refractivity contribution in [3.63, 3.8) is 0 Å². The number of rotatable bonds is 6. The van der Waals surface area contributed by atoms with Gasteiger partial charge in [-0.3, -0.25) is 19.5 Å². The Bertz CT molecular complexity index is 1950. The van der Waals surface area contributed by atoms with Gasteiger partial charge in [-0.05, 0) is 65.7 Å². The number of carbonyl (C=O) groups excluding carboxylic acids is 1. The van der Waals surface area contributed by atoms with Gasteiger partial charge in [0.2, 0.25) is 6.79 Å². The van der Waals surface area contributed by atoms with Crippen LogP contribution in [-0.2, 0) is 9.53 Å². The summed E-state index contributed by atoms with van der Waals surface area (Å²) in [5.74, 6) is 1.40. The summed E-state index contributed by atoms with van der Waals surface area (Å²) in [6, 6.07) is 12.3. The Morgan fingerprint density at radius 3 is 2.78 bits per heavy atom. The van der Waals surface area contributed by atoms with Crippen LogP contribution in [0, 0.1) is 10.1 Å². The minimum Gasteiger partial charge on any atom is -0.463 e. The number of nitro benzene ring substituents is 1. The minimum atomic E-state index is -0.801. The minimum absolute atomic E-state index is 0.0528. The van der Waals surface area contributed by atoms with Gasteiger partial charge in [0.1, 0.15) is 11.5 Å². The summed E-state index contributed by atoms with van der Waals surface area (Å²) in [5.41, 5.74) is 1.55. The van der Waals surface area contributed by atoms with Gasteiger partial charge in [0, 0.05) is 28.2 Å². The van der Waals surface area contributed by atoms with E-state index in [0.29, 0.717) is 53.6 Å². The van der Waals surface area contributed by atoms with Crippen molar-refractivity contribution in [2.75, 3.05) is 13.4 Å². The van der Waals surface area contributed by atoms with Gasteiger partial charge in [0.05, 0.1) is 33.4 Å². The first kappa shape index (κ1) is 26.7. The Morgan fingerprint density at radius 2 is 2.02 bits per heavy atom. The fourth-order valence-corrected chi connectivity index (χ4v) is 6.30. The Kier molecular flexibility index (Phi) is 6.83. The maximum atomic E-state index is 13.8. The molecular formula is C28H20BrN3O8S. The summed E-state index contributed by atoms with van der Waals surface area (Å²) in [6.07, 6.45) is 1.60. The van der Waals surface area contributed by atoms with Crippen molar-refractivity contribution in [3.8, 4) is 22.8 Å². The van der Waals surface area contributed by atoms with Gasteiger partial charge in [-0.2, -0.15) is 0 Å². The predicted octanol–water partition coefficient (Wildman–Crippen LogP) is 4.46. The van der Waals surface area contributed by atoms with Crippen LogP contribution < -0.4 is 24.4 Å². The zero-order valence-corrected chi connectivity index (χ0v) is 24.0. The van der Waals surface area contributed by atoms with E-state index in [1.54, 1.807) is 56.3 Å². The van der Waals surface area contributed by atoms with E-state index >= 15 is 0 Å². The van der Waals surface area contributed by atoms with E-state index in [0.717, 1.165) is 0 Å². The summed E-state index contributed by atoms with van der Waals surface area (Å²) in [6.45, 7) is 3.68. The number of nitrogens with zero attached hydrogens (tertiary/aromatic N) is 3. The number of aromatic nitrogens is 1. The molecule has 1 atom stereocenters. The van der Waals surface area contributed by atoms with E-state index in [1.165, 1.54) is 28.0 Å². The third kappa shape index (κ3) is 4.76. The SMILES string of the molecule is CCOC(=O)C1=C(C)N=c2s/c(=C\c3ccc(-c4ccc([N+](=O)[O-])cc4Br)o3)c(=O)n2[C@@H]1c1ccc2c(c1)OCO2. The first-order valence-corrected chi connectivity index (χ1v) is 14.0. The molecule has 0 saturated carbocycles. The predicted molar refractivity (Wildman–Crippen MR) is 151 cm³/mol. The molecule has 0 bridgehead atoms. The van der Waals surface area contributed by atoms with Gasteiger partial charge in [-0.15, -0.1) is 0 Å². The third-order valence-electron chi connectivity index (χ3n) is 6.56. The third-order valence-corrected chi connectivity index (χ3v) is 8.20. The molecule has 2 aliphatic heterocycles. The van der Waals surface area contributed by atoms with E-state index in [4.69, 9.17) is 18.6 Å². The highest BCUT2D eigenvalue weighted by Crippen LogP contribution is 2.38. The Morgan fingerprint density at radius 1 is 1.22 bits per heavy atom. The lowest BCUT2D eigenvalue weighted by atomic mass is 9.95. The van der Waals surface area contributed by atoms with Gasteiger partial charge < -0.3 is 18.6 Å². The van der Waals surface area contributed by atoms with E-state index < -0.39 is 16.9 Å². The quantitative estimate of drug-likeness (QED) is 0.172. The number of non-ortho nitro benzene ring substituents is 1. The molecule has 2 aromatic carbocycles. The maximum Gasteiger partial charge on any atom is 0.338 e. The molecule has 0 N–H and O–H groups in total. The fraction of sp³-hybridized carbons (Fsp3) is 0.179. The van der Waals surface area contributed by atoms with Crippen molar-refractivity contribution in [1.82, 2.24) is 4.57 Å². The standard InChI is InChI=1S/C28H20BrN3O8S/c1-3-37-27(34)24-14(2)30-28-31(25(24)15-4-8-21-22(10-15)39-13-38-21)26(33)23(41-28)12-17-6-9-20(40-17)18-7-5-16(32(35)36)11-19(18)29/h4-12,25H,3,13H2,1-2H3/b23-12-/t25-/m1/s1. The highest BCUT2D eigenvalue weighted by atomic mass is 79.9. The molecule has 13 heteroatoms. The average molecular weight is 638 g/mol.